The molecule has 0 aliphatic heterocycles. The van der Waals surface area contributed by atoms with Crippen LogP contribution in [0.25, 0.3) is 11.4 Å². The van der Waals surface area contributed by atoms with Gasteiger partial charge in [0, 0.05) is 24.9 Å². The van der Waals surface area contributed by atoms with E-state index in [4.69, 9.17) is 4.74 Å². The first kappa shape index (κ1) is 14.5. The van der Waals surface area contributed by atoms with Crippen molar-refractivity contribution in [2.24, 2.45) is 7.05 Å². The Kier molecular flexibility index (Phi) is 4.06. The second-order valence-corrected chi connectivity index (χ2v) is 5.65. The second kappa shape index (κ2) is 6.15. The van der Waals surface area contributed by atoms with Crippen LogP contribution in [0.5, 0.6) is 5.88 Å². The Labute approximate surface area is 132 Å². The average molecular weight is 313 g/mol. The van der Waals surface area contributed by atoms with Crippen LogP contribution >= 0.6 is 11.8 Å². The molecule has 0 bridgehead atoms. The summed E-state index contributed by atoms with van der Waals surface area (Å²) in [6.07, 6.45) is 1.66. The van der Waals surface area contributed by atoms with Gasteiger partial charge in [0.1, 0.15) is 0 Å². The highest BCUT2D eigenvalue weighted by Crippen LogP contribution is 2.27. The lowest BCUT2D eigenvalue weighted by Gasteiger charge is -2.04. The van der Waals surface area contributed by atoms with Crippen molar-refractivity contribution < 1.29 is 4.74 Å². The standard InChI is InChI=1S/C15H15N5OS/c1-10-5-4-6-11(9-10)13-18-19-15(20(13)2)22-14-16-8-7-12(17-14)21-3/h4-9H,1-3H3. The van der Waals surface area contributed by atoms with Crippen LogP contribution in [0.1, 0.15) is 5.56 Å². The number of benzene rings is 1. The van der Waals surface area contributed by atoms with Crippen LogP contribution in [0, 0.1) is 6.92 Å². The molecule has 0 saturated heterocycles. The molecule has 0 radical (unpaired) electrons. The van der Waals surface area contributed by atoms with E-state index >= 15 is 0 Å². The summed E-state index contributed by atoms with van der Waals surface area (Å²) in [6.45, 7) is 2.06. The Morgan fingerprint density at radius 3 is 2.82 bits per heavy atom. The first-order valence-electron chi connectivity index (χ1n) is 6.68. The number of aryl methyl sites for hydroxylation is 1. The number of aromatic nitrogens is 5. The number of hydrogen-bond acceptors (Lipinski definition) is 6. The molecule has 0 amide bonds. The minimum Gasteiger partial charge on any atom is -0.481 e. The Balaban J connectivity index is 1.90. The average Bonchev–Trinajstić information content (AvgIpc) is 2.88. The Bertz CT molecular complexity index is 802. The molecule has 2 aromatic heterocycles. The van der Waals surface area contributed by atoms with Gasteiger partial charge in [-0.1, -0.05) is 23.8 Å². The van der Waals surface area contributed by atoms with Crippen molar-refractivity contribution in [3.8, 4) is 17.3 Å². The van der Waals surface area contributed by atoms with Crippen LogP contribution < -0.4 is 4.74 Å². The predicted molar refractivity (Wildman–Crippen MR) is 83.9 cm³/mol. The molecule has 22 heavy (non-hydrogen) atoms. The van der Waals surface area contributed by atoms with Crippen LogP contribution in [-0.2, 0) is 7.05 Å². The van der Waals surface area contributed by atoms with E-state index in [1.807, 2.05) is 23.7 Å². The lowest BCUT2D eigenvalue weighted by atomic mass is 10.1. The predicted octanol–water partition coefficient (Wildman–Crippen LogP) is 2.74. The van der Waals surface area contributed by atoms with Gasteiger partial charge in [0.25, 0.3) is 0 Å². The summed E-state index contributed by atoms with van der Waals surface area (Å²) in [7, 11) is 3.51. The van der Waals surface area contributed by atoms with E-state index in [-0.39, 0.29) is 0 Å². The van der Waals surface area contributed by atoms with Gasteiger partial charge in [-0.3, -0.25) is 0 Å². The highest BCUT2D eigenvalue weighted by atomic mass is 32.2. The van der Waals surface area contributed by atoms with Gasteiger partial charge in [0.15, 0.2) is 16.1 Å². The lowest BCUT2D eigenvalue weighted by Crippen LogP contribution is -1.96. The topological polar surface area (TPSA) is 65.7 Å². The zero-order valence-electron chi connectivity index (χ0n) is 12.5. The SMILES string of the molecule is COc1ccnc(Sc2nnc(-c3cccc(C)c3)n2C)n1. The van der Waals surface area contributed by atoms with Gasteiger partial charge in [-0.2, -0.15) is 4.98 Å². The molecule has 2 heterocycles. The fraction of sp³-hybridized carbons (Fsp3) is 0.200. The van der Waals surface area contributed by atoms with Gasteiger partial charge in [0.2, 0.25) is 5.88 Å². The fourth-order valence-corrected chi connectivity index (χ4v) is 2.73. The molecule has 0 N–H and O–H groups in total. The van der Waals surface area contributed by atoms with Crippen molar-refractivity contribution in [2.75, 3.05) is 7.11 Å². The molecule has 0 saturated carbocycles. The number of nitrogens with zero attached hydrogens (tertiary/aromatic N) is 5. The molecule has 6 nitrogen and oxygen atoms in total. The third-order valence-electron chi connectivity index (χ3n) is 3.11. The molecular formula is C15H15N5OS. The minimum absolute atomic E-state index is 0.526. The van der Waals surface area contributed by atoms with E-state index in [9.17, 15) is 0 Å². The Hall–Kier alpha value is -2.41. The van der Waals surface area contributed by atoms with E-state index in [2.05, 4.69) is 39.2 Å². The zero-order valence-corrected chi connectivity index (χ0v) is 13.3. The summed E-state index contributed by atoms with van der Waals surface area (Å²) in [5.74, 6) is 1.34. The van der Waals surface area contributed by atoms with E-state index < -0.39 is 0 Å². The Morgan fingerprint density at radius 2 is 2.05 bits per heavy atom. The molecule has 0 aliphatic carbocycles. The van der Waals surface area contributed by atoms with Crippen molar-refractivity contribution in [1.82, 2.24) is 24.7 Å². The molecule has 3 rings (SSSR count). The zero-order chi connectivity index (χ0) is 15.5. The van der Waals surface area contributed by atoms with Crippen LogP contribution in [0.3, 0.4) is 0 Å². The van der Waals surface area contributed by atoms with Crippen molar-refractivity contribution in [3.05, 3.63) is 42.1 Å². The maximum atomic E-state index is 5.10. The van der Waals surface area contributed by atoms with Crippen LogP contribution in [0.2, 0.25) is 0 Å². The summed E-state index contributed by atoms with van der Waals surface area (Å²) in [4.78, 5) is 8.48. The van der Waals surface area contributed by atoms with Gasteiger partial charge in [-0.15, -0.1) is 10.2 Å². The minimum atomic E-state index is 0.526. The molecule has 1 aromatic carbocycles. The summed E-state index contributed by atoms with van der Waals surface area (Å²) in [5, 5.41) is 9.80. The maximum Gasteiger partial charge on any atom is 0.217 e. The van der Waals surface area contributed by atoms with E-state index in [1.165, 1.54) is 17.3 Å². The van der Waals surface area contributed by atoms with Gasteiger partial charge >= 0.3 is 0 Å². The third-order valence-corrected chi connectivity index (χ3v) is 4.03. The van der Waals surface area contributed by atoms with Gasteiger partial charge in [-0.25, -0.2) is 4.98 Å². The second-order valence-electron chi connectivity index (χ2n) is 4.72. The van der Waals surface area contributed by atoms with E-state index in [0.717, 1.165) is 16.5 Å². The smallest absolute Gasteiger partial charge is 0.217 e. The van der Waals surface area contributed by atoms with Crippen molar-refractivity contribution >= 4 is 11.8 Å². The van der Waals surface area contributed by atoms with Crippen molar-refractivity contribution in [3.63, 3.8) is 0 Å². The normalized spacial score (nSPS) is 10.7. The monoisotopic (exact) mass is 313 g/mol. The Morgan fingerprint density at radius 1 is 1.18 bits per heavy atom. The molecule has 0 fully saturated rings. The summed E-state index contributed by atoms with van der Waals surface area (Å²) >= 11 is 1.35. The summed E-state index contributed by atoms with van der Waals surface area (Å²) in [6, 6.07) is 9.88. The molecule has 7 heteroatoms. The van der Waals surface area contributed by atoms with Gasteiger partial charge < -0.3 is 9.30 Å². The summed E-state index contributed by atoms with van der Waals surface area (Å²) < 4.78 is 7.04. The highest BCUT2D eigenvalue weighted by molar-refractivity contribution is 7.99. The number of ether oxygens (including phenoxy) is 1. The quantitative estimate of drug-likeness (QED) is 0.690. The molecular weight excluding hydrogens is 298 g/mol. The fourth-order valence-electron chi connectivity index (χ4n) is 2.01. The van der Waals surface area contributed by atoms with Crippen LogP contribution in [-0.4, -0.2) is 31.8 Å². The molecule has 0 aliphatic rings. The van der Waals surface area contributed by atoms with Gasteiger partial charge in [0.05, 0.1) is 7.11 Å². The molecule has 3 aromatic rings. The first-order chi connectivity index (χ1) is 10.7. The van der Waals surface area contributed by atoms with Crippen molar-refractivity contribution in [2.45, 2.75) is 17.2 Å². The summed E-state index contributed by atoms with van der Waals surface area (Å²) in [5.41, 5.74) is 2.22. The van der Waals surface area contributed by atoms with E-state index in [1.54, 1.807) is 19.4 Å². The van der Waals surface area contributed by atoms with Crippen molar-refractivity contribution in [1.29, 1.82) is 0 Å². The largest absolute Gasteiger partial charge is 0.481 e. The van der Waals surface area contributed by atoms with E-state index in [0.29, 0.717) is 11.0 Å². The molecule has 0 spiro atoms. The number of rotatable bonds is 4. The molecule has 112 valence electrons. The van der Waals surface area contributed by atoms with Crippen LogP contribution in [0.4, 0.5) is 0 Å². The maximum absolute atomic E-state index is 5.10. The first-order valence-corrected chi connectivity index (χ1v) is 7.50. The molecule has 0 atom stereocenters. The number of hydrogen-bond donors (Lipinski definition) is 0. The highest BCUT2D eigenvalue weighted by Gasteiger charge is 2.13. The lowest BCUT2D eigenvalue weighted by molar-refractivity contribution is 0.392. The van der Waals surface area contributed by atoms with Crippen LogP contribution in [0.15, 0.2) is 46.8 Å². The molecule has 0 unspecified atom stereocenters. The van der Waals surface area contributed by atoms with Gasteiger partial charge in [-0.05, 0) is 24.8 Å². The number of methoxy groups -OCH3 is 1. The third kappa shape index (κ3) is 2.94.